The minimum absolute atomic E-state index is 0. The average molecular weight is 89.1 g/mol. The molecule has 0 aromatic rings. The summed E-state index contributed by atoms with van der Waals surface area (Å²) in [5.74, 6) is -0.968. The number of hydrogen-bond donors (Lipinski definition) is 2. The van der Waals surface area contributed by atoms with Gasteiger partial charge in [-0.25, -0.2) is 0 Å². The highest BCUT2D eigenvalue weighted by molar-refractivity contribution is 5.68. The molecule has 3 N–H and O–H groups in total. The van der Waals surface area contributed by atoms with E-state index in [4.69, 9.17) is 5.11 Å². The molecule has 0 aliphatic carbocycles. The maximum Gasteiger partial charge on any atom is 0.317 e. The Hall–Kier alpha value is -0.610. The van der Waals surface area contributed by atoms with Crippen LogP contribution in [0, 0.1) is 0 Å². The van der Waals surface area contributed by atoms with Crippen LogP contribution in [-0.2, 0) is 4.79 Å². The largest absolute Gasteiger partial charge is 0.480 e. The predicted octanol–water partition coefficient (Wildman–Crippen LogP) is -1.45. The second-order valence-electron chi connectivity index (χ2n) is 0.598. The third-order valence-electron chi connectivity index (χ3n) is 0.175. The first-order chi connectivity index (χ1) is 2.27. The molecular weight excluding hydrogens is 84.0 g/mol. The van der Waals surface area contributed by atoms with Crippen LogP contribution >= 0.6 is 0 Å². The molecule has 0 aromatic carbocycles. The van der Waals surface area contributed by atoms with Crippen LogP contribution in [0.1, 0.15) is 0 Å². The van der Waals surface area contributed by atoms with Gasteiger partial charge in [-0.1, -0.05) is 0 Å². The van der Waals surface area contributed by atoms with Crippen molar-refractivity contribution in [1.29, 1.82) is 0 Å². The van der Waals surface area contributed by atoms with E-state index in [1.165, 1.54) is 0 Å². The van der Waals surface area contributed by atoms with Crippen molar-refractivity contribution in [2.24, 2.45) is 5.73 Å². The SMILES string of the molecule is NCC(=O)O.[N]. The van der Waals surface area contributed by atoms with Gasteiger partial charge in [-0.3, -0.25) is 4.79 Å². The molecule has 0 aromatic heterocycles. The second kappa shape index (κ2) is 4.39. The molecule has 6 heavy (non-hydrogen) atoms. The molecule has 35 valence electrons. The van der Waals surface area contributed by atoms with Gasteiger partial charge in [0.1, 0.15) is 0 Å². The number of rotatable bonds is 1. The Kier molecular flexibility index (Phi) is 6.61. The summed E-state index contributed by atoms with van der Waals surface area (Å²) in [5.41, 5.74) is 4.57. The Morgan fingerprint density at radius 2 is 2.00 bits per heavy atom. The standard InChI is InChI=1S/C2H5NO2.N/c3-1-2(4)5;/h1,3H2,(H,4,5);. The zero-order chi connectivity index (χ0) is 4.28. The van der Waals surface area contributed by atoms with Crippen molar-refractivity contribution in [2.45, 2.75) is 0 Å². The first kappa shape index (κ1) is 9.04. The lowest BCUT2D eigenvalue weighted by molar-refractivity contribution is -0.135. The molecule has 0 atom stereocenters. The molecule has 0 aliphatic heterocycles. The summed E-state index contributed by atoms with van der Waals surface area (Å²) in [5, 5.41) is 7.60. The minimum Gasteiger partial charge on any atom is -0.480 e. The number of nitrogens with zero attached hydrogens (tertiary/aromatic N) is 1. The molecule has 0 fully saturated rings. The van der Waals surface area contributed by atoms with Crippen molar-refractivity contribution in [3.05, 3.63) is 0 Å². The van der Waals surface area contributed by atoms with Crippen LogP contribution in [-0.4, -0.2) is 17.6 Å². The lowest BCUT2D eigenvalue weighted by atomic mass is 10.7. The summed E-state index contributed by atoms with van der Waals surface area (Å²) >= 11 is 0. The Balaban J connectivity index is 0. The summed E-state index contributed by atoms with van der Waals surface area (Å²) in [6, 6.07) is 0. The molecule has 0 bridgehead atoms. The van der Waals surface area contributed by atoms with E-state index in [2.05, 4.69) is 5.73 Å². The fraction of sp³-hybridized carbons (Fsp3) is 0.500. The van der Waals surface area contributed by atoms with Gasteiger partial charge in [0.25, 0.3) is 0 Å². The molecule has 3 radical (unpaired) electrons. The van der Waals surface area contributed by atoms with Crippen molar-refractivity contribution in [3.8, 4) is 0 Å². The van der Waals surface area contributed by atoms with Crippen LogP contribution in [0.2, 0.25) is 0 Å². The molecule has 0 saturated heterocycles. The first-order valence-corrected chi connectivity index (χ1v) is 1.19. The Bertz CT molecular complexity index is 44.8. The highest BCUT2D eigenvalue weighted by atomic mass is 16.4. The van der Waals surface area contributed by atoms with E-state index in [-0.39, 0.29) is 12.7 Å². The van der Waals surface area contributed by atoms with Crippen molar-refractivity contribution in [1.82, 2.24) is 6.15 Å². The van der Waals surface area contributed by atoms with Gasteiger partial charge in [-0.2, -0.15) is 0 Å². The van der Waals surface area contributed by atoms with E-state index in [1.807, 2.05) is 0 Å². The second-order valence-corrected chi connectivity index (χ2v) is 0.598. The number of hydrogen-bond acceptors (Lipinski definition) is 2. The van der Waals surface area contributed by atoms with Crippen LogP contribution in [0.25, 0.3) is 0 Å². The van der Waals surface area contributed by atoms with Crippen LogP contribution < -0.4 is 11.9 Å². The van der Waals surface area contributed by atoms with Gasteiger partial charge in [0.15, 0.2) is 0 Å². The lowest BCUT2D eigenvalue weighted by Crippen LogP contribution is -2.10. The predicted molar refractivity (Wildman–Crippen MR) is 18.8 cm³/mol. The monoisotopic (exact) mass is 89.0 g/mol. The Labute approximate surface area is 35.5 Å². The van der Waals surface area contributed by atoms with E-state index in [0.717, 1.165) is 0 Å². The van der Waals surface area contributed by atoms with Gasteiger partial charge in [0.2, 0.25) is 0 Å². The molecule has 4 heteroatoms. The van der Waals surface area contributed by atoms with E-state index >= 15 is 0 Å². The molecule has 0 rings (SSSR count). The van der Waals surface area contributed by atoms with Crippen molar-refractivity contribution < 1.29 is 9.90 Å². The highest BCUT2D eigenvalue weighted by Crippen LogP contribution is 1.43. The van der Waals surface area contributed by atoms with Crippen molar-refractivity contribution in [2.75, 3.05) is 6.54 Å². The van der Waals surface area contributed by atoms with E-state index in [0.29, 0.717) is 0 Å². The molecular formula is C2H5N2O2. The number of nitrogens with two attached hydrogens (primary N) is 1. The fourth-order valence-corrected chi connectivity index (χ4v) is 0. The third kappa shape index (κ3) is 10.0. The van der Waals surface area contributed by atoms with Gasteiger partial charge in [0, 0.05) is 6.15 Å². The summed E-state index contributed by atoms with van der Waals surface area (Å²) in [6.45, 7) is -0.278. The van der Waals surface area contributed by atoms with E-state index in [1.54, 1.807) is 0 Å². The highest BCUT2D eigenvalue weighted by Gasteiger charge is 1.81. The molecule has 4 nitrogen and oxygen atoms in total. The van der Waals surface area contributed by atoms with Crippen LogP contribution in [0.15, 0.2) is 0 Å². The van der Waals surface area contributed by atoms with Gasteiger partial charge < -0.3 is 10.8 Å². The number of carboxylic acids is 1. The van der Waals surface area contributed by atoms with Crippen molar-refractivity contribution in [3.63, 3.8) is 0 Å². The van der Waals surface area contributed by atoms with E-state index in [9.17, 15) is 4.79 Å². The number of aliphatic carboxylic acids is 1. The normalized spacial score (nSPS) is 6.17. The molecule has 0 aliphatic rings. The number of carboxylic acid groups (broad SMARTS) is 1. The quantitative estimate of drug-likeness (QED) is 0.411. The smallest absolute Gasteiger partial charge is 0.317 e. The Morgan fingerprint density at radius 3 is 2.00 bits per heavy atom. The molecule has 0 spiro atoms. The maximum atomic E-state index is 9.24. The zero-order valence-electron chi connectivity index (χ0n) is 3.09. The van der Waals surface area contributed by atoms with Crippen LogP contribution in [0.5, 0.6) is 0 Å². The summed E-state index contributed by atoms with van der Waals surface area (Å²) < 4.78 is 0. The third-order valence-corrected chi connectivity index (χ3v) is 0.175. The summed E-state index contributed by atoms with van der Waals surface area (Å²) in [6.07, 6.45) is 0. The van der Waals surface area contributed by atoms with Gasteiger partial charge >= 0.3 is 5.97 Å². The van der Waals surface area contributed by atoms with Gasteiger partial charge in [0.05, 0.1) is 6.54 Å². The summed E-state index contributed by atoms with van der Waals surface area (Å²) in [4.78, 5) is 9.24. The average Bonchev–Trinajstić information content (AvgIpc) is 1.38. The fourth-order valence-electron chi connectivity index (χ4n) is 0. The van der Waals surface area contributed by atoms with Gasteiger partial charge in [-0.05, 0) is 0 Å². The van der Waals surface area contributed by atoms with Crippen LogP contribution in [0.4, 0.5) is 0 Å². The lowest BCUT2D eigenvalue weighted by Gasteiger charge is -1.73. The molecule has 0 saturated carbocycles. The minimum atomic E-state index is -0.968. The number of carbonyl (C=O) groups is 1. The summed E-state index contributed by atoms with van der Waals surface area (Å²) in [7, 11) is 0. The molecule has 0 heterocycles. The molecule has 0 amide bonds. The van der Waals surface area contributed by atoms with E-state index < -0.39 is 5.97 Å². The van der Waals surface area contributed by atoms with Gasteiger partial charge in [-0.15, -0.1) is 0 Å². The topological polar surface area (TPSA) is 93.8 Å². The van der Waals surface area contributed by atoms with Crippen molar-refractivity contribution >= 4 is 5.97 Å². The first-order valence-electron chi connectivity index (χ1n) is 1.19. The zero-order valence-corrected chi connectivity index (χ0v) is 3.09. The Morgan fingerprint density at radius 1 is 1.83 bits per heavy atom. The van der Waals surface area contributed by atoms with Crippen LogP contribution in [0.3, 0.4) is 0 Å². The maximum absolute atomic E-state index is 9.24. The molecule has 0 unspecified atom stereocenters.